The maximum Gasteiger partial charge on any atom is 0.274 e. The number of hydrogen-bond acceptors (Lipinski definition) is 4. The van der Waals surface area contributed by atoms with Crippen LogP contribution in [-0.2, 0) is 9.59 Å². The Balaban J connectivity index is 1.78. The Hall–Kier alpha value is -3.22. The van der Waals surface area contributed by atoms with E-state index in [0.29, 0.717) is 17.8 Å². The molecule has 0 spiro atoms. The molecule has 1 unspecified atom stereocenters. The van der Waals surface area contributed by atoms with Gasteiger partial charge >= 0.3 is 0 Å². The van der Waals surface area contributed by atoms with Gasteiger partial charge < -0.3 is 10.2 Å². The Labute approximate surface area is 157 Å². The van der Waals surface area contributed by atoms with Gasteiger partial charge in [0.2, 0.25) is 11.8 Å². The quantitative estimate of drug-likeness (QED) is 0.661. The minimum atomic E-state index is -0.504. The minimum Gasteiger partial charge on any atom is -0.325 e. The van der Waals surface area contributed by atoms with E-state index in [4.69, 9.17) is 0 Å². The van der Waals surface area contributed by atoms with Crippen LogP contribution in [0.4, 0.5) is 17.1 Å². The van der Waals surface area contributed by atoms with Crippen molar-refractivity contribution in [1.82, 2.24) is 0 Å². The standard InChI is InChI=1S/C20H21N3O4/c1-12-7-8-13(2)18(9-12)22-11-15(10-19(22)24)20(25)21-16-5-4-6-17(14(16)3)23(26)27/h4-9,15H,10-11H2,1-3H3,(H,21,25). The SMILES string of the molecule is Cc1ccc(C)c(N2CC(C(=O)Nc3cccc([N+](=O)[O-])c3C)CC2=O)c1. The topological polar surface area (TPSA) is 92.6 Å². The monoisotopic (exact) mass is 367 g/mol. The van der Waals surface area contributed by atoms with Gasteiger partial charge in [-0.3, -0.25) is 19.7 Å². The molecule has 0 bridgehead atoms. The molecule has 1 atom stereocenters. The molecule has 1 saturated heterocycles. The summed E-state index contributed by atoms with van der Waals surface area (Å²) in [6.07, 6.45) is 0.118. The van der Waals surface area contributed by atoms with Crippen molar-refractivity contribution in [3.8, 4) is 0 Å². The molecule has 140 valence electrons. The molecule has 0 aliphatic carbocycles. The molecule has 2 amide bonds. The lowest BCUT2D eigenvalue weighted by Gasteiger charge is -2.20. The third-order valence-corrected chi connectivity index (χ3v) is 4.91. The summed E-state index contributed by atoms with van der Waals surface area (Å²) in [5.74, 6) is -0.907. The summed E-state index contributed by atoms with van der Waals surface area (Å²) in [5.41, 5.74) is 3.58. The van der Waals surface area contributed by atoms with Crippen LogP contribution in [0.3, 0.4) is 0 Å². The fourth-order valence-corrected chi connectivity index (χ4v) is 3.32. The summed E-state index contributed by atoms with van der Waals surface area (Å²) in [5, 5.41) is 13.8. The second kappa shape index (κ2) is 7.19. The van der Waals surface area contributed by atoms with Crippen molar-refractivity contribution in [3.63, 3.8) is 0 Å². The van der Waals surface area contributed by atoms with Gasteiger partial charge in [-0.2, -0.15) is 0 Å². The van der Waals surface area contributed by atoms with E-state index in [1.54, 1.807) is 17.9 Å². The van der Waals surface area contributed by atoms with E-state index in [9.17, 15) is 19.7 Å². The number of rotatable bonds is 4. The fraction of sp³-hybridized carbons (Fsp3) is 0.300. The predicted octanol–water partition coefficient (Wildman–Crippen LogP) is 3.51. The summed E-state index contributed by atoms with van der Waals surface area (Å²) >= 11 is 0. The van der Waals surface area contributed by atoms with Crippen LogP contribution in [0.1, 0.15) is 23.1 Å². The summed E-state index contributed by atoms with van der Waals surface area (Å²) in [6, 6.07) is 10.4. The number of nitrogens with zero attached hydrogens (tertiary/aromatic N) is 2. The van der Waals surface area contributed by atoms with Crippen LogP contribution in [0.5, 0.6) is 0 Å². The molecule has 3 rings (SSSR count). The molecule has 1 fully saturated rings. The van der Waals surface area contributed by atoms with Crippen LogP contribution in [0.2, 0.25) is 0 Å². The third kappa shape index (κ3) is 3.67. The lowest BCUT2D eigenvalue weighted by Crippen LogP contribution is -2.28. The summed E-state index contributed by atoms with van der Waals surface area (Å²) < 4.78 is 0. The minimum absolute atomic E-state index is 0.0488. The van der Waals surface area contributed by atoms with E-state index >= 15 is 0 Å². The maximum absolute atomic E-state index is 12.7. The van der Waals surface area contributed by atoms with E-state index in [1.165, 1.54) is 12.1 Å². The number of nitro groups is 1. The first-order chi connectivity index (χ1) is 12.8. The van der Waals surface area contributed by atoms with Gasteiger partial charge in [0.05, 0.1) is 22.1 Å². The third-order valence-electron chi connectivity index (χ3n) is 4.91. The van der Waals surface area contributed by atoms with Crippen LogP contribution < -0.4 is 10.2 Å². The highest BCUT2D eigenvalue weighted by atomic mass is 16.6. The molecule has 2 aromatic rings. The smallest absolute Gasteiger partial charge is 0.274 e. The zero-order valence-electron chi connectivity index (χ0n) is 15.5. The lowest BCUT2D eigenvalue weighted by molar-refractivity contribution is -0.385. The highest BCUT2D eigenvalue weighted by Gasteiger charge is 2.36. The van der Waals surface area contributed by atoms with Gasteiger partial charge in [0, 0.05) is 24.7 Å². The van der Waals surface area contributed by atoms with Gasteiger partial charge in [-0.05, 0) is 44.0 Å². The first kappa shape index (κ1) is 18.6. The number of aryl methyl sites for hydroxylation is 2. The van der Waals surface area contributed by atoms with Gasteiger partial charge in [0.1, 0.15) is 0 Å². The second-order valence-electron chi connectivity index (χ2n) is 6.89. The van der Waals surface area contributed by atoms with Crippen molar-refractivity contribution in [2.75, 3.05) is 16.8 Å². The second-order valence-corrected chi connectivity index (χ2v) is 6.89. The number of nitrogens with one attached hydrogen (secondary N) is 1. The first-order valence-electron chi connectivity index (χ1n) is 8.70. The van der Waals surface area contributed by atoms with Gasteiger partial charge in [0.25, 0.3) is 5.69 Å². The molecule has 0 saturated carbocycles. The van der Waals surface area contributed by atoms with Crippen LogP contribution in [0.25, 0.3) is 0 Å². The summed E-state index contributed by atoms with van der Waals surface area (Å²) in [6.45, 7) is 5.78. The number of carbonyl (C=O) groups is 2. The van der Waals surface area contributed by atoms with Crippen molar-refractivity contribution in [3.05, 3.63) is 63.2 Å². The van der Waals surface area contributed by atoms with Crippen LogP contribution >= 0.6 is 0 Å². The summed E-state index contributed by atoms with van der Waals surface area (Å²) in [4.78, 5) is 37.4. The molecule has 1 N–H and O–H groups in total. The highest BCUT2D eigenvalue weighted by molar-refractivity contribution is 6.04. The predicted molar refractivity (Wildman–Crippen MR) is 103 cm³/mol. The molecule has 1 aliphatic heterocycles. The number of nitro benzene ring substituents is 1. The Bertz CT molecular complexity index is 939. The molecular weight excluding hydrogens is 346 g/mol. The highest BCUT2D eigenvalue weighted by Crippen LogP contribution is 2.30. The lowest BCUT2D eigenvalue weighted by atomic mass is 10.1. The van der Waals surface area contributed by atoms with E-state index in [2.05, 4.69) is 5.32 Å². The van der Waals surface area contributed by atoms with Crippen molar-refractivity contribution in [2.45, 2.75) is 27.2 Å². The average molecular weight is 367 g/mol. The molecule has 27 heavy (non-hydrogen) atoms. The fourth-order valence-electron chi connectivity index (χ4n) is 3.32. The average Bonchev–Trinajstić information content (AvgIpc) is 3.00. The normalized spacial score (nSPS) is 16.5. The molecule has 0 radical (unpaired) electrons. The number of anilines is 2. The molecule has 1 heterocycles. The van der Waals surface area contributed by atoms with Gasteiger partial charge in [0.15, 0.2) is 0 Å². The molecule has 1 aliphatic rings. The Morgan fingerprint density at radius 3 is 2.67 bits per heavy atom. The van der Waals surface area contributed by atoms with E-state index in [-0.39, 0.29) is 23.9 Å². The molecule has 7 nitrogen and oxygen atoms in total. The van der Waals surface area contributed by atoms with Gasteiger partial charge in [-0.25, -0.2) is 0 Å². The molecule has 0 aromatic heterocycles. The molecular formula is C20H21N3O4. The summed E-state index contributed by atoms with van der Waals surface area (Å²) in [7, 11) is 0. The van der Waals surface area contributed by atoms with E-state index in [0.717, 1.165) is 16.8 Å². The molecule has 7 heteroatoms. The van der Waals surface area contributed by atoms with Crippen molar-refractivity contribution in [2.24, 2.45) is 5.92 Å². The zero-order valence-corrected chi connectivity index (χ0v) is 15.5. The Morgan fingerprint density at radius 1 is 1.22 bits per heavy atom. The number of carbonyl (C=O) groups excluding carboxylic acids is 2. The van der Waals surface area contributed by atoms with Crippen LogP contribution in [-0.4, -0.2) is 23.3 Å². The van der Waals surface area contributed by atoms with Gasteiger partial charge in [-0.1, -0.05) is 18.2 Å². The van der Waals surface area contributed by atoms with Crippen LogP contribution in [0, 0.1) is 36.8 Å². The van der Waals surface area contributed by atoms with Gasteiger partial charge in [-0.15, -0.1) is 0 Å². The van der Waals surface area contributed by atoms with Crippen molar-refractivity contribution in [1.29, 1.82) is 0 Å². The van der Waals surface area contributed by atoms with Crippen molar-refractivity contribution < 1.29 is 14.5 Å². The van der Waals surface area contributed by atoms with Crippen molar-refractivity contribution >= 4 is 28.9 Å². The number of benzene rings is 2. The Kier molecular flexibility index (Phi) is 4.94. The van der Waals surface area contributed by atoms with E-state index in [1.807, 2.05) is 32.0 Å². The first-order valence-corrected chi connectivity index (χ1v) is 8.70. The Morgan fingerprint density at radius 2 is 1.96 bits per heavy atom. The van der Waals surface area contributed by atoms with Crippen LogP contribution in [0.15, 0.2) is 36.4 Å². The number of hydrogen-bond donors (Lipinski definition) is 1. The molecule has 2 aromatic carbocycles. The number of amides is 2. The maximum atomic E-state index is 12.7. The van der Waals surface area contributed by atoms with E-state index < -0.39 is 10.8 Å². The largest absolute Gasteiger partial charge is 0.325 e. The zero-order chi connectivity index (χ0) is 19.7.